The fourth-order valence-corrected chi connectivity index (χ4v) is 0.839. The number of hydrogen-bond acceptors (Lipinski definition) is 3. The van der Waals surface area contributed by atoms with Gasteiger partial charge in [0.15, 0.2) is 6.61 Å². The van der Waals surface area contributed by atoms with E-state index < -0.39 is 18.8 Å². The van der Waals surface area contributed by atoms with E-state index >= 15 is 0 Å². The highest BCUT2D eigenvalue weighted by atomic mass is 32.1. The van der Waals surface area contributed by atoms with Gasteiger partial charge in [0.05, 0.1) is 0 Å². The molecule has 0 rings (SSSR count). The van der Waals surface area contributed by atoms with Gasteiger partial charge in [-0.25, -0.2) is 0 Å². The molecule has 0 atom stereocenters. The van der Waals surface area contributed by atoms with Gasteiger partial charge in [0.25, 0.3) is 0 Å². The summed E-state index contributed by atoms with van der Waals surface area (Å²) in [6, 6.07) is 0. The lowest BCUT2D eigenvalue weighted by Gasteiger charge is -2.06. The molecule has 13 heavy (non-hydrogen) atoms. The maximum absolute atomic E-state index is 11.5. The number of carbonyl (C=O) groups is 1. The van der Waals surface area contributed by atoms with Crippen molar-refractivity contribution in [3.05, 3.63) is 0 Å². The molecule has 0 N–H and O–H groups in total. The Labute approximate surface area is 79.9 Å². The third-order valence-electron chi connectivity index (χ3n) is 1.19. The first-order valence-corrected chi connectivity index (χ1v) is 4.42. The van der Waals surface area contributed by atoms with E-state index in [4.69, 9.17) is 0 Å². The van der Waals surface area contributed by atoms with Crippen LogP contribution in [0.1, 0.15) is 19.3 Å². The van der Waals surface area contributed by atoms with Gasteiger partial charge >= 0.3 is 12.1 Å². The van der Waals surface area contributed by atoms with Gasteiger partial charge in [0.1, 0.15) is 0 Å². The molecule has 0 fully saturated rings. The summed E-state index contributed by atoms with van der Waals surface area (Å²) in [6.07, 6.45) is -3.19. The van der Waals surface area contributed by atoms with Crippen molar-refractivity contribution in [3.8, 4) is 0 Å². The summed E-state index contributed by atoms with van der Waals surface area (Å²) in [7, 11) is 0. The van der Waals surface area contributed by atoms with Crippen LogP contribution in [0.15, 0.2) is 0 Å². The zero-order valence-electron chi connectivity index (χ0n) is 6.93. The average Bonchev–Trinajstić information content (AvgIpc) is 2.00. The van der Waals surface area contributed by atoms with E-state index in [1.165, 1.54) is 0 Å². The van der Waals surface area contributed by atoms with Crippen LogP contribution in [0.4, 0.5) is 13.2 Å². The molecule has 0 aromatic heterocycles. The number of esters is 1. The number of halogens is 3. The summed E-state index contributed by atoms with van der Waals surface area (Å²) < 4.78 is 38.5. The standard InChI is InChI=1S/C7H11F3O2S/c8-7(9,10)5-12-6(11)3-1-2-4-13/h13H,1-5H2. The first-order chi connectivity index (χ1) is 5.95. The van der Waals surface area contributed by atoms with Crippen molar-refractivity contribution in [3.63, 3.8) is 0 Å². The van der Waals surface area contributed by atoms with Crippen LogP contribution < -0.4 is 0 Å². The van der Waals surface area contributed by atoms with Gasteiger partial charge in [0, 0.05) is 6.42 Å². The van der Waals surface area contributed by atoms with Gasteiger partial charge in [-0.1, -0.05) is 0 Å². The number of unbranched alkanes of at least 4 members (excludes halogenated alkanes) is 1. The van der Waals surface area contributed by atoms with Crippen LogP contribution in [-0.2, 0) is 9.53 Å². The maximum Gasteiger partial charge on any atom is 0.422 e. The Morgan fingerprint density at radius 1 is 1.31 bits per heavy atom. The Balaban J connectivity index is 3.41. The second-order valence-electron chi connectivity index (χ2n) is 2.46. The van der Waals surface area contributed by atoms with Gasteiger partial charge < -0.3 is 4.74 Å². The van der Waals surface area contributed by atoms with Gasteiger partial charge in [0.2, 0.25) is 0 Å². The molecule has 0 heterocycles. The first-order valence-electron chi connectivity index (χ1n) is 3.79. The van der Waals surface area contributed by atoms with E-state index in [2.05, 4.69) is 17.4 Å². The zero-order chi connectivity index (χ0) is 10.3. The third kappa shape index (κ3) is 9.52. The molecule has 0 aliphatic rings. The normalized spacial score (nSPS) is 11.4. The third-order valence-corrected chi connectivity index (χ3v) is 1.50. The lowest BCUT2D eigenvalue weighted by atomic mass is 10.2. The molecular weight excluding hydrogens is 205 g/mol. The van der Waals surface area contributed by atoms with Crippen LogP contribution >= 0.6 is 12.6 Å². The van der Waals surface area contributed by atoms with Crippen molar-refractivity contribution in [2.24, 2.45) is 0 Å². The molecule has 0 amide bonds. The minimum Gasteiger partial charge on any atom is -0.456 e. The molecule has 0 saturated carbocycles. The molecule has 0 aromatic carbocycles. The Kier molecular flexibility index (Phi) is 5.94. The van der Waals surface area contributed by atoms with Crippen molar-refractivity contribution in [1.29, 1.82) is 0 Å². The quantitative estimate of drug-likeness (QED) is 0.433. The molecule has 0 aliphatic carbocycles. The van der Waals surface area contributed by atoms with Crippen LogP contribution in [0.2, 0.25) is 0 Å². The van der Waals surface area contributed by atoms with Gasteiger partial charge in [-0.3, -0.25) is 4.79 Å². The molecule has 0 saturated heterocycles. The van der Waals surface area contributed by atoms with E-state index in [-0.39, 0.29) is 6.42 Å². The summed E-state index contributed by atoms with van der Waals surface area (Å²) in [5, 5.41) is 0. The predicted octanol–water partition coefficient (Wildman–Crippen LogP) is 2.19. The largest absolute Gasteiger partial charge is 0.456 e. The maximum atomic E-state index is 11.5. The molecule has 0 aromatic rings. The van der Waals surface area contributed by atoms with Crippen molar-refractivity contribution >= 4 is 18.6 Å². The SMILES string of the molecule is O=C(CCCCS)OCC(F)(F)F. The smallest absolute Gasteiger partial charge is 0.422 e. The van der Waals surface area contributed by atoms with Crippen LogP contribution in [0, 0.1) is 0 Å². The summed E-state index contributed by atoms with van der Waals surface area (Å²) >= 11 is 3.89. The van der Waals surface area contributed by atoms with Crippen molar-refractivity contribution in [2.75, 3.05) is 12.4 Å². The Hall–Kier alpha value is -0.390. The first kappa shape index (κ1) is 12.6. The minimum atomic E-state index is -4.43. The van der Waals surface area contributed by atoms with Crippen molar-refractivity contribution < 1.29 is 22.7 Å². The summed E-state index contributed by atoms with van der Waals surface area (Å²) in [4.78, 5) is 10.6. The van der Waals surface area contributed by atoms with E-state index in [1.54, 1.807) is 0 Å². The highest BCUT2D eigenvalue weighted by molar-refractivity contribution is 7.80. The minimum absolute atomic E-state index is 0.0244. The Bertz CT molecular complexity index is 158. The monoisotopic (exact) mass is 216 g/mol. The van der Waals surface area contributed by atoms with Gasteiger partial charge in [-0.15, -0.1) is 0 Å². The van der Waals surface area contributed by atoms with E-state index in [9.17, 15) is 18.0 Å². The average molecular weight is 216 g/mol. The molecule has 78 valence electrons. The van der Waals surface area contributed by atoms with E-state index in [1.807, 2.05) is 0 Å². The van der Waals surface area contributed by atoms with Crippen molar-refractivity contribution in [1.82, 2.24) is 0 Å². The summed E-state index contributed by atoms with van der Waals surface area (Å²) in [5.74, 6) is -0.189. The van der Waals surface area contributed by atoms with Gasteiger partial charge in [-0.2, -0.15) is 25.8 Å². The second-order valence-corrected chi connectivity index (χ2v) is 2.90. The fraction of sp³-hybridized carbons (Fsp3) is 0.857. The van der Waals surface area contributed by atoms with Crippen LogP contribution in [0.25, 0.3) is 0 Å². The molecule has 0 spiro atoms. The number of carbonyl (C=O) groups excluding carboxylic acids is 1. The van der Waals surface area contributed by atoms with E-state index in [0.717, 1.165) is 0 Å². The summed E-state index contributed by atoms with van der Waals surface area (Å²) in [6.45, 7) is -1.49. The van der Waals surface area contributed by atoms with Gasteiger partial charge in [-0.05, 0) is 18.6 Å². The van der Waals surface area contributed by atoms with Crippen LogP contribution in [0.3, 0.4) is 0 Å². The highest BCUT2D eigenvalue weighted by Crippen LogP contribution is 2.14. The van der Waals surface area contributed by atoms with E-state index in [0.29, 0.717) is 18.6 Å². The van der Waals surface area contributed by atoms with Crippen LogP contribution in [0.5, 0.6) is 0 Å². The molecular formula is C7H11F3O2S. The summed E-state index contributed by atoms with van der Waals surface area (Å²) in [5.41, 5.74) is 0. The highest BCUT2D eigenvalue weighted by Gasteiger charge is 2.29. The number of hydrogen-bond donors (Lipinski definition) is 1. The second kappa shape index (κ2) is 6.12. The molecule has 0 unspecified atom stereocenters. The predicted molar refractivity (Wildman–Crippen MR) is 44.7 cm³/mol. The number of thiol groups is 1. The lowest BCUT2D eigenvalue weighted by molar-refractivity contribution is -0.186. The molecule has 0 bridgehead atoms. The Morgan fingerprint density at radius 3 is 2.38 bits per heavy atom. The fourth-order valence-electron chi connectivity index (χ4n) is 0.616. The lowest BCUT2D eigenvalue weighted by Crippen LogP contribution is -2.20. The topological polar surface area (TPSA) is 26.3 Å². The number of rotatable bonds is 5. The zero-order valence-corrected chi connectivity index (χ0v) is 7.83. The molecule has 6 heteroatoms. The number of alkyl halides is 3. The van der Waals surface area contributed by atoms with Crippen LogP contribution in [-0.4, -0.2) is 24.5 Å². The Morgan fingerprint density at radius 2 is 1.92 bits per heavy atom. The molecule has 0 aliphatic heterocycles. The molecule has 0 radical (unpaired) electrons. The molecule has 2 nitrogen and oxygen atoms in total. The van der Waals surface area contributed by atoms with Crippen molar-refractivity contribution in [2.45, 2.75) is 25.4 Å². The number of ether oxygens (including phenoxy) is 1.